The van der Waals surface area contributed by atoms with Crippen LogP contribution in [0.2, 0.25) is 0 Å². The maximum atomic E-state index is 12.3. The van der Waals surface area contributed by atoms with E-state index in [1.54, 1.807) is 14.2 Å². The van der Waals surface area contributed by atoms with Crippen molar-refractivity contribution < 1.29 is 19.0 Å². The van der Waals surface area contributed by atoms with Gasteiger partial charge < -0.3 is 19.1 Å². The first-order valence-corrected chi connectivity index (χ1v) is 7.74. The summed E-state index contributed by atoms with van der Waals surface area (Å²) >= 11 is 0. The maximum absolute atomic E-state index is 12.3. The Morgan fingerprint density at radius 2 is 2.09 bits per heavy atom. The van der Waals surface area contributed by atoms with Crippen molar-refractivity contribution in [2.45, 2.75) is 25.3 Å². The van der Waals surface area contributed by atoms with Crippen LogP contribution in [0.15, 0.2) is 24.3 Å². The Labute approximate surface area is 132 Å². The van der Waals surface area contributed by atoms with Gasteiger partial charge in [0.05, 0.1) is 20.3 Å². The zero-order chi connectivity index (χ0) is 15.8. The highest BCUT2D eigenvalue weighted by atomic mass is 16.5. The van der Waals surface area contributed by atoms with Crippen LogP contribution < -0.4 is 4.74 Å². The third-order valence-electron chi connectivity index (χ3n) is 4.00. The average Bonchev–Trinajstić information content (AvgIpc) is 3.00. The van der Waals surface area contributed by atoms with E-state index in [0.29, 0.717) is 13.2 Å². The molecule has 122 valence electrons. The van der Waals surface area contributed by atoms with Crippen molar-refractivity contribution in [3.05, 3.63) is 29.8 Å². The minimum absolute atomic E-state index is 0.0634. The molecule has 1 aliphatic heterocycles. The summed E-state index contributed by atoms with van der Waals surface area (Å²) in [5.41, 5.74) is 1.15. The Hall–Kier alpha value is -1.59. The van der Waals surface area contributed by atoms with Gasteiger partial charge in [-0.05, 0) is 30.9 Å². The van der Waals surface area contributed by atoms with Gasteiger partial charge >= 0.3 is 0 Å². The number of benzene rings is 1. The molecule has 0 saturated carbocycles. The number of amides is 1. The summed E-state index contributed by atoms with van der Waals surface area (Å²) < 4.78 is 15.7. The quantitative estimate of drug-likeness (QED) is 0.688. The fraction of sp³-hybridized carbons (Fsp3) is 0.588. The van der Waals surface area contributed by atoms with E-state index < -0.39 is 0 Å². The van der Waals surface area contributed by atoms with E-state index in [0.717, 1.165) is 37.1 Å². The second kappa shape index (κ2) is 8.76. The van der Waals surface area contributed by atoms with Gasteiger partial charge in [-0.25, -0.2) is 0 Å². The summed E-state index contributed by atoms with van der Waals surface area (Å²) in [6.45, 7) is 1.91. The Bertz CT molecular complexity index is 477. The molecule has 2 rings (SSSR count). The molecule has 0 aliphatic carbocycles. The van der Waals surface area contributed by atoms with Gasteiger partial charge in [-0.15, -0.1) is 0 Å². The third kappa shape index (κ3) is 4.45. The highest BCUT2D eigenvalue weighted by Crippen LogP contribution is 2.26. The SMILES string of the molecule is COCCOCC(=O)N1CCC[C@H]1Cc1ccccc1OC. The van der Waals surface area contributed by atoms with E-state index in [9.17, 15) is 4.79 Å². The molecular weight excluding hydrogens is 282 g/mol. The number of rotatable bonds is 8. The molecule has 1 atom stereocenters. The normalized spacial score (nSPS) is 17.7. The number of carbonyl (C=O) groups is 1. The summed E-state index contributed by atoms with van der Waals surface area (Å²) in [4.78, 5) is 14.2. The smallest absolute Gasteiger partial charge is 0.248 e. The molecule has 1 fully saturated rings. The van der Waals surface area contributed by atoms with Crippen molar-refractivity contribution in [1.82, 2.24) is 4.90 Å². The predicted octanol–water partition coefficient (Wildman–Crippen LogP) is 1.89. The fourth-order valence-corrected chi connectivity index (χ4v) is 2.89. The van der Waals surface area contributed by atoms with Crippen LogP contribution in [0, 0.1) is 0 Å². The summed E-state index contributed by atoms with van der Waals surface area (Å²) in [7, 11) is 3.30. The largest absolute Gasteiger partial charge is 0.496 e. The molecule has 22 heavy (non-hydrogen) atoms. The molecule has 1 aromatic carbocycles. The van der Waals surface area contributed by atoms with Gasteiger partial charge in [0, 0.05) is 19.7 Å². The van der Waals surface area contributed by atoms with Gasteiger partial charge in [-0.3, -0.25) is 4.79 Å². The minimum atomic E-state index is 0.0634. The van der Waals surface area contributed by atoms with Crippen LogP contribution in [0.5, 0.6) is 5.75 Å². The standard InChI is InChI=1S/C17H25NO4/c1-20-10-11-22-13-17(19)18-9-5-7-15(18)12-14-6-3-4-8-16(14)21-2/h3-4,6,8,15H,5,7,9-13H2,1-2H3/t15-/m0/s1. The summed E-state index contributed by atoms with van der Waals surface area (Å²) in [5, 5.41) is 0. The Kier molecular flexibility index (Phi) is 6.68. The van der Waals surface area contributed by atoms with Crippen molar-refractivity contribution >= 4 is 5.91 Å². The number of para-hydroxylation sites is 1. The fourth-order valence-electron chi connectivity index (χ4n) is 2.89. The number of carbonyl (C=O) groups excluding carboxylic acids is 1. The molecular formula is C17H25NO4. The minimum Gasteiger partial charge on any atom is -0.496 e. The van der Waals surface area contributed by atoms with Crippen molar-refractivity contribution in [2.75, 3.05) is 40.6 Å². The zero-order valence-electron chi connectivity index (χ0n) is 13.4. The Morgan fingerprint density at radius 3 is 2.86 bits per heavy atom. The lowest BCUT2D eigenvalue weighted by Gasteiger charge is -2.25. The van der Waals surface area contributed by atoms with Gasteiger partial charge in [0.1, 0.15) is 12.4 Å². The van der Waals surface area contributed by atoms with E-state index >= 15 is 0 Å². The van der Waals surface area contributed by atoms with E-state index in [4.69, 9.17) is 14.2 Å². The number of hydrogen-bond donors (Lipinski definition) is 0. The molecule has 0 radical (unpaired) electrons. The summed E-state index contributed by atoms with van der Waals surface area (Å²) in [5.74, 6) is 0.951. The second-order valence-corrected chi connectivity index (χ2v) is 5.44. The molecule has 5 heteroatoms. The molecule has 0 spiro atoms. The van der Waals surface area contributed by atoms with Gasteiger partial charge in [0.2, 0.25) is 5.91 Å². The number of ether oxygens (including phenoxy) is 3. The molecule has 1 saturated heterocycles. The highest BCUT2D eigenvalue weighted by molar-refractivity contribution is 5.78. The lowest BCUT2D eigenvalue weighted by molar-refractivity contribution is -0.137. The molecule has 0 unspecified atom stereocenters. The van der Waals surface area contributed by atoms with E-state index in [1.807, 2.05) is 23.1 Å². The zero-order valence-corrected chi connectivity index (χ0v) is 13.4. The molecule has 0 bridgehead atoms. The lowest BCUT2D eigenvalue weighted by atomic mass is 10.0. The maximum Gasteiger partial charge on any atom is 0.248 e. The predicted molar refractivity (Wildman–Crippen MR) is 84.1 cm³/mol. The molecule has 0 aromatic heterocycles. The van der Waals surface area contributed by atoms with Crippen LogP contribution in [-0.2, 0) is 20.7 Å². The van der Waals surface area contributed by atoms with Crippen LogP contribution in [0.25, 0.3) is 0 Å². The molecule has 1 aliphatic rings. The first-order chi connectivity index (χ1) is 10.8. The van der Waals surface area contributed by atoms with Crippen molar-refractivity contribution in [3.8, 4) is 5.75 Å². The Morgan fingerprint density at radius 1 is 1.27 bits per heavy atom. The number of methoxy groups -OCH3 is 2. The molecule has 0 N–H and O–H groups in total. The van der Waals surface area contributed by atoms with Crippen LogP contribution in [-0.4, -0.2) is 57.4 Å². The van der Waals surface area contributed by atoms with Crippen molar-refractivity contribution in [2.24, 2.45) is 0 Å². The summed E-state index contributed by atoms with van der Waals surface area (Å²) in [6, 6.07) is 8.23. The molecule has 5 nitrogen and oxygen atoms in total. The topological polar surface area (TPSA) is 48.0 Å². The van der Waals surface area contributed by atoms with E-state index in [-0.39, 0.29) is 18.6 Å². The number of hydrogen-bond acceptors (Lipinski definition) is 4. The van der Waals surface area contributed by atoms with Crippen LogP contribution in [0.4, 0.5) is 0 Å². The second-order valence-electron chi connectivity index (χ2n) is 5.44. The lowest BCUT2D eigenvalue weighted by Crippen LogP contribution is -2.39. The monoisotopic (exact) mass is 307 g/mol. The number of likely N-dealkylation sites (tertiary alicyclic amines) is 1. The van der Waals surface area contributed by atoms with Gasteiger partial charge in [0.25, 0.3) is 0 Å². The third-order valence-corrected chi connectivity index (χ3v) is 4.00. The van der Waals surface area contributed by atoms with Crippen molar-refractivity contribution in [1.29, 1.82) is 0 Å². The van der Waals surface area contributed by atoms with Crippen molar-refractivity contribution in [3.63, 3.8) is 0 Å². The van der Waals surface area contributed by atoms with E-state index in [1.165, 1.54) is 0 Å². The molecule has 1 amide bonds. The molecule has 1 aromatic rings. The van der Waals surface area contributed by atoms with Crippen LogP contribution >= 0.6 is 0 Å². The van der Waals surface area contributed by atoms with E-state index in [2.05, 4.69) is 6.07 Å². The average molecular weight is 307 g/mol. The summed E-state index contributed by atoms with van der Waals surface area (Å²) in [6.07, 6.45) is 2.90. The van der Waals surface area contributed by atoms with Gasteiger partial charge in [0.15, 0.2) is 0 Å². The van der Waals surface area contributed by atoms with Crippen LogP contribution in [0.1, 0.15) is 18.4 Å². The number of nitrogens with zero attached hydrogens (tertiary/aromatic N) is 1. The molecule has 1 heterocycles. The van der Waals surface area contributed by atoms with Gasteiger partial charge in [-0.2, -0.15) is 0 Å². The first kappa shape index (κ1) is 16.8. The Balaban J connectivity index is 1.91. The first-order valence-electron chi connectivity index (χ1n) is 7.74. The highest BCUT2D eigenvalue weighted by Gasteiger charge is 2.29. The van der Waals surface area contributed by atoms with Gasteiger partial charge in [-0.1, -0.05) is 18.2 Å². The van der Waals surface area contributed by atoms with Crippen LogP contribution in [0.3, 0.4) is 0 Å².